The fraction of sp³-hybridized carbons (Fsp3) is 0.524. The van der Waals surface area contributed by atoms with E-state index in [1.165, 1.54) is 25.7 Å². The highest BCUT2D eigenvalue weighted by molar-refractivity contribution is 6.30. The van der Waals surface area contributed by atoms with Crippen molar-refractivity contribution >= 4 is 29.9 Å². The molecule has 0 radical (unpaired) electrons. The Labute approximate surface area is 177 Å². The van der Waals surface area contributed by atoms with Crippen molar-refractivity contribution in [3.05, 3.63) is 52.8 Å². The molecular formula is C21H28Cl2N4O. The van der Waals surface area contributed by atoms with Crippen LogP contribution in [0.25, 0.3) is 0 Å². The van der Waals surface area contributed by atoms with Crippen molar-refractivity contribution in [3.8, 4) is 0 Å². The number of amides is 1. The number of carbonyl (C=O) groups excluding carboxylic acids is 1. The normalized spacial score (nSPS) is 23.4. The van der Waals surface area contributed by atoms with E-state index < -0.39 is 0 Å². The summed E-state index contributed by atoms with van der Waals surface area (Å²) >= 11 is 6.07. The van der Waals surface area contributed by atoms with Gasteiger partial charge < -0.3 is 10.6 Å². The molecule has 1 saturated carbocycles. The van der Waals surface area contributed by atoms with Gasteiger partial charge in [0.25, 0.3) is 0 Å². The van der Waals surface area contributed by atoms with E-state index in [0.717, 1.165) is 22.7 Å². The molecule has 1 aliphatic heterocycles. The van der Waals surface area contributed by atoms with Crippen LogP contribution in [0.3, 0.4) is 0 Å². The second-order valence-corrected chi connectivity index (χ2v) is 8.34. The largest absolute Gasteiger partial charge is 0.349 e. The first-order chi connectivity index (χ1) is 13.1. The van der Waals surface area contributed by atoms with Crippen LogP contribution in [0.2, 0.25) is 5.02 Å². The van der Waals surface area contributed by atoms with Crippen molar-refractivity contribution < 1.29 is 4.79 Å². The summed E-state index contributed by atoms with van der Waals surface area (Å²) in [6.45, 7) is 1.53. The maximum atomic E-state index is 13.2. The summed E-state index contributed by atoms with van der Waals surface area (Å²) in [5.74, 6) is 0.751. The number of rotatable bonds is 5. The van der Waals surface area contributed by atoms with E-state index in [9.17, 15) is 4.79 Å². The Hall–Kier alpha value is -1.56. The zero-order chi connectivity index (χ0) is 18.8. The lowest BCUT2D eigenvalue weighted by Crippen LogP contribution is -2.39. The van der Waals surface area contributed by atoms with Crippen LogP contribution >= 0.6 is 24.0 Å². The van der Waals surface area contributed by atoms with E-state index in [0.29, 0.717) is 12.5 Å². The highest BCUT2D eigenvalue weighted by Crippen LogP contribution is 2.37. The summed E-state index contributed by atoms with van der Waals surface area (Å²) in [6, 6.07) is 8.00. The lowest BCUT2D eigenvalue weighted by atomic mass is 9.87. The molecule has 2 heterocycles. The lowest BCUT2D eigenvalue weighted by molar-refractivity contribution is -0.126. The minimum atomic E-state index is -0.0644. The molecule has 0 spiro atoms. The summed E-state index contributed by atoms with van der Waals surface area (Å²) in [4.78, 5) is 13.2. The van der Waals surface area contributed by atoms with Gasteiger partial charge in [-0.25, -0.2) is 0 Å². The SMILES string of the molecule is Cl.Cn1cc([C@H]2CNC[C@@H]2C(=O)NC(c2ccc(Cl)cc2)C2CCCC2)cn1. The molecule has 1 aliphatic carbocycles. The summed E-state index contributed by atoms with van der Waals surface area (Å²) in [5, 5.41) is 11.8. The monoisotopic (exact) mass is 422 g/mol. The maximum Gasteiger partial charge on any atom is 0.225 e. The smallest absolute Gasteiger partial charge is 0.225 e. The first kappa shape index (κ1) is 21.2. The van der Waals surface area contributed by atoms with E-state index in [2.05, 4.69) is 27.9 Å². The Morgan fingerprint density at radius 1 is 1.25 bits per heavy atom. The molecule has 7 heteroatoms. The first-order valence-electron chi connectivity index (χ1n) is 9.87. The Balaban J connectivity index is 0.00000225. The lowest BCUT2D eigenvalue weighted by Gasteiger charge is -2.28. The molecular weight excluding hydrogens is 395 g/mol. The van der Waals surface area contributed by atoms with Crippen molar-refractivity contribution in [1.29, 1.82) is 0 Å². The summed E-state index contributed by atoms with van der Waals surface area (Å²) in [6.07, 6.45) is 8.73. The number of hydrogen-bond acceptors (Lipinski definition) is 3. The number of aryl methyl sites for hydroxylation is 1. The molecule has 1 unspecified atom stereocenters. The van der Waals surface area contributed by atoms with Gasteiger partial charge in [0.1, 0.15) is 0 Å². The van der Waals surface area contributed by atoms with Crippen molar-refractivity contribution in [2.45, 2.75) is 37.6 Å². The minimum absolute atomic E-state index is 0. The van der Waals surface area contributed by atoms with Gasteiger partial charge in [-0.3, -0.25) is 9.48 Å². The van der Waals surface area contributed by atoms with Crippen LogP contribution in [0.1, 0.15) is 48.8 Å². The number of nitrogens with one attached hydrogen (secondary N) is 2. The number of aromatic nitrogens is 2. The summed E-state index contributed by atoms with van der Waals surface area (Å²) in [7, 11) is 1.91. The van der Waals surface area contributed by atoms with Crippen LogP contribution in [0.4, 0.5) is 0 Å². The molecule has 5 nitrogen and oxygen atoms in total. The van der Waals surface area contributed by atoms with E-state index in [1.54, 1.807) is 4.68 Å². The van der Waals surface area contributed by atoms with Crippen molar-refractivity contribution in [1.82, 2.24) is 20.4 Å². The molecule has 1 amide bonds. The molecule has 1 aromatic heterocycles. The number of halogens is 2. The van der Waals surface area contributed by atoms with Gasteiger partial charge in [-0.15, -0.1) is 12.4 Å². The van der Waals surface area contributed by atoms with E-state index in [4.69, 9.17) is 11.6 Å². The van der Waals surface area contributed by atoms with Crippen LogP contribution in [0, 0.1) is 11.8 Å². The second-order valence-electron chi connectivity index (χ2n) is 7.90. The highest BCUT2D eigenvalue weighted by atomic mass is 35.5. The van der Waals surface area contributed by atoms with Gasteiger partial charge in [0.2, 0.25) is 5.91 Å². The Kier molecular flexibility index (Phi) is 7.02. The average molecular weight is 423 g/mol. The number of hydrogen-bond donors (Lipinski definition) is 2. The van der Waals surface area contributed by atoms with E-state index >= 15 is 0 Å². The first-order valence-corrected chi connectivity index (χ1v) is 10.2. The number of benzene rings is 1. The molecule has 2 aromatic rings. The summed E-state index contributed by atoms with van der Waals surface area (Å²) < 4.78 is 1.80. The molecule has 152 valence electrons. The molecule has 2 N–H and O–H groups in total. The van der Waals surface area contributed by atoms with Gasteiger partial charge >= 0.3 is 0 Å². The van der Waals surface area contributed by atoms with Crippen LogP contribution in [-0.2, 0) is 11.8 Å². The molecule has 28 heavy (non-hydrogen) atoms. The van der Waals surface area contributed by atoms with Gasteiger partial charge in [-0.05, 0) is 42.0 Å². The second kappa shape index (κ2) is 9.29. The van der Waals surface area contributed by atoms with E-state index in [-0.39, 0.29) is 36.2 Å². The average Bonchev–Trinajstić information content (AvgIpc) is 3.41. The Bertz CT molecular complexity index is 786. The highest BCUT2D eigenvalue weighted by Gasteiger charge is 2.37. The zero-order valence-electron chi connectivity index (χ0n) is 16.1. The quantitative estimate of drug-likeness (QED) is 0.768. The van der Waals surface area contributed by atoms with Gasteiger partial charge in [0.15, 0.2) is 0 Å². The predicted molar refractivity (Wildman–Crippen MR) is 114 cm³/mol. The predicted octanol–water partition coefficient (Wildman–Crippen LogP) is 3.85. The Morgan fingerprint density at radius 2 is 1.96 bits per heavy atom. The van der Waals surface area contributed by atoms with Crippen molar-refractivity contribution in [2.24, 2.45) is 18.9 Å². The van der Waals surface area contributed by atoms with Crippen molar-refractivity contribution in [3.63, 3.8) is 0 Å². The van der Waals surface area contributed by atoms with Gasteiger partial charge in [0, 0.05) is 37.3 Å². The van der Waals surface area contributed by atoms with Gasteiger partial charge in [0.05, 0.1) is 18.2 Å². The van der Waals surface area contributed by atoms with Crippen LogP contribution in [-0.4, -0.2) is 28.8 Å². The van der Waals surface area contributed by atoms with Crippen LogP contribution in [0.5, 0.6) is 0 Å². The molecule has 3 atom stereocenters. The Morgan fingerprint density at radius 3 is 2.61 bits per heavy atom. The number of carbonyl (C=O) groups is 1. The van der Waals surface area contributed by atoms with Crippen LogP contribution < -0.4 is 10.6 Å². The third kappa shape index (κ3) is 4.53. The fourth-order valence-electron chi connectivity index (χ4n) is 4.63. The molecule has 1 aromatic carbocycles. The standard InChI is InChI=1S/C21H27ClN4O.ClH/c1-26-13-16(10-24-26)18-11-23-12-19(18)21(27)25-20(14-4-2-3-5-14)15-6-8-17(22)9-7-15;/h6-10,13-14,18-20,23H,2-5,11-12H2,1H3,(H,25,27);1H/t18-,19+,20?;/m1./s1. The summed E-state index contributed by atoms with van der Waals surface area (Å²) in [5.41, 5.74) is 2.29. The van der Waals surface area contributed by atoms with Gasteiger partial charge in [-0.1, -0.05) is 36.6 Å². The van der Waals surface area contributed by atoms with Crippen molar-refractivity contribution in [2.75, 3.05) is 13.1 Å². The zero-order valence-corrected chi connectivity index (χ0v) is 17.7. The maximum absolute atomic E-state index is 13.2. The third-order valence-corrected chi connectivity index (χ3v) is 6.35. The van der Waals surface area contributed by atoms with E-state index in [1.807, 2.05) is 31.6 Å². The molecule has 2 fully saturated rings. The molecule has 4 rings (SSSR count). The topological polar surface area (TPSA) is 59.0 Å². The van der Waals surface area contributed by atoms with Gasteiger partial charge in [-0.2, -0.15) is 5.10 Å². The minimum Gasteiger partial charge on any atom is -0.349 e. The molecule has 1 saturated heterocycles. The fourth-order valence-corrected chi connectivity index (χ4v) is 4.76. The third-order valence-electron chi connectivity index (χ3n) is 6.10. The molecule has 2 aliphatic rings. The van der Waals surface area contributed by atoms with Crippen LogP contribution in [0.15, 0.2) is 36.7 Å². The molecule has 0 bridgehead atoms. The number of nitrogens with zero attached hydrogens (tertiary/aromatic N) is 2.